The molecule has 160 valence electrons. The minimum Gasteiger partial charge on any atom is -0.482 e. The molecule has 0 aliphatic carbocycles. The lowest BCUT2D eigenvalue weighted by Crippen LogP contribution is -2.54. The maximum atomic E-state index is 13.0. The highest BCUT2D eigenvalue weighted by atomic mass is 16.5. The third-order valence-electron chi connectivity index (χ3n) is 4.99. The standard InChI is InChI=1S/C23H22N2O6/c1-3-14(2)16-6-8-17(9-7-16)25-22(29)19(21(28)24-23(25)30)12-15-4-10-18(11-5-15)31-13-20(26)27/h4-12,14H,3,13H2,1-2H3,(H,26,27)(H,24,28,30)/b19-12-. The third-order valence-corrected chi connectivity index (χ3v) is 4.99. The number of imide groups is 2. The number of aliphatic carboxylic acids is 1. The zero-order valence-corrected chi connectivity index (χ0v) is 17.1. The van der Waals surface area contributed by atoms with Gasteiger partial charge in [-0.2, -0.15) is 0 Å². The fourth-order valence-corrected chi connectivity index (χ4v) is 3.05. The molecule has 8 nitrogen and oxygen atoms in total. The van der Waals surface area contributed by atoms with Crippen LogP contribution in [0.15, 0.2) is 54.1 Å². The van der Waals surface area contributed by atoms with E-state index in [-0.39, 0.29) is 5.57 Å². The van der Waals surface area contributed by atoms with Crippen molar-refractivity contribution in [3.63, 3.8) is 0 Å². The summed E-state index contributed by atoms with van der Waals surface area (Å²) in [4.78, 5) is 49.1. The van der Waals surface area contributed by atoms with Crippen LogP contribution in [0.4, 0.5) is 10.5 Å². The predicted molar refractivity (Wildman–Crippen MR) is 114 cm³/mol. The number of urea groups is 1. The Balaban J connectivity index is 1.84. The van der Waals surface area contributed by atoms with Crippen molar-refractivity contribution in [3.05, 3.63) is 65.2 Å². The van der Waals surface area contributed by atoms with Crippen molar-refractivity contribution in [1.29, 1.82) is 0 Å². The number of nitrogens with zero attached hydrogens (tertiary/aromatic N) is 1. The van der Waals surface area contributed by atoms with E-state index >= 15 is 0 Å². The molecule has 2 aromatic carbocycles. The Morgan fingerprint density at radius 2 is 1.74 bits per heavy atom. The van der Waals surface area contributed by atoms with E-state index in [2.05, 4.69) is 19.2 Å². The molecule has 0 aromatic heterocycles. The number of hydrogen-bond acceptors (Lipinski definition) is 5. The second-order valence-electron chi connectivity index (χ2n) is 7.11. The summed E-state index contributed by atoms with van der Waals surface area (Å²) in [6.45, 7) is 3.69. The van der Waals surface area contributed by atoms with E-state index in [4.69, 9.17) is 9.84 Å². The Labute approximate surface area is 179 Å². The molecule has 8 heteroatoms. The van der Waals surface area contributed by atoms with Crippen molar-refractivity contribution in [3.8, 4) is 5.75 Å². The van der Waals surface area contributed by atoms with E-state index < -0.39 is 30.4 Å². The molecule has 3 rings (SSSR count). The summed E-state index contributed by atoms with van der Waals surface area (Å²) in [6, 6.07) is 12.5. The number of rotatable bonds is 7. The Morgan fingerprint density at radius 3 is 2.32 bits per heavy atom. The second kappa shape index (κ2) is 9.25. The molecule has 1 fully saturated rings. The van der Waals surface area contributed by atoms with Crippen molar-refractivity contribution in [2.75, 3.05) is 11.5 Å². The fourth-order valence-electron chi connectivity index (χ4n) is 3.05. The van der Waals surface area contributed by atoms with Gasteiger partial charge < -0.3 is 9.84 Å². The molecule has 1 heterocycles. The molecule has 1 saturated heterocycles. The van der Waals surface area contributed by atoms with Gasteiger partial charge in [-0.05, 0) is 53.8 Å². The lowest BCUT2D eigenvalue weighted by atomic mass is 9.98. The molecule has 2 N–H and O–H groups in total. The Hall–Kier alpha value is -3.94. The number of benzene rings is 2. The molecular weight excluding hydrogens is 400 g/mol. The highest BCUT2D eigenvalue weighted by molar-refractivity contribution is 6.39. The van der Waals surface area contributed by atoms with E-state index in [0.29, 0.717) is 22.9 Å². The molecule has 1 aliphatic rings. The molecule has 4 amide bonds. The summed E-state index contributed by atoms with van der Waals surface area (Å²) in [7, 11) is 0. The first-order chi connectivity index (χ1) is 14.8. The van der Waals surface area contributed by atoms with Crippen LogP contribution in [0.3, 0.4) is 0 Å². The highest BCUT2D eigenvalue weighted by Gasteiger charge is 2.36. The van der Waals surface area contributed by atoms with Gasteiger partial charge in [0.25, 0.3) is 11.8 Å². The van der Waals surface area contributed by atoms with Gasteiger partial charge in [0.2, 0.25) is 0 Å². The van der Waals surface area contributed by atoms with Crippen LogP contribution in [0.5, 0.6) is 5.75 Å². The molecule has 0 saturated carbocycles. The molecule has 1 aliphatic heterocycles. The van der Waals surface area contributed by atoms with Gasteiger partial charge in [0.1, 0.15) is 11.3 Å². The molecule has 0 radical (unpaired) electrons. The Bertz CT molecular complexity index is 1040. The average molecular weight is 422 g/mol. The summed E-state index contributed by atoms with van der Waals surface area (Å²) < 4.78 is 5.06. The number of anilines is 1. The zero-order valence-electron chi connectivity index (χ0n) is 17.1. The number of carbonyl (C=O) groups is 4. The third kappa shape index (κ3) is 4.98. The number of ether oxygens (including phenoxy) is 1. The number of carboxylic acid groups (broad SMARTS) is 1. The molecule has 31 heavy (non-hydrogen) atoms. The van der Waals surface area contributed by atoms with Crippen molar-refractivity contribution >= 4 is 35.6 Å². The van der Waals surface area contributed by atoms with Gasteiger partial charge in [-0.1, -0.05) is 38.1 Å². The van der Waals surface area contributed by atoms with Crippen LogP contribution in [0.2, 0.25) is 0 Å². The van der Waals surface area contributed by atoms with Crippen LogP contribution in [0.25, 0.3) is 6.08 Å². The van der Waals surface area contributed by atoms with Crippen molar-refractivity contribution in [1.82, 2.24) is 5.32 Å². The maximum absolute atomic E-state index is 13.0. The van der Waals surface area contributed by atoms with Gasteiger partial charge in [0, 0.05) is 0 Å². The van der Waals surface area contributed by atoms with Crippen LogP contribution in [0, 0.1) is 0 Å². The lowest BCUT2D eigenvalue weighted by molar-refractivity contribution is -0.139. The molecular formula is C23H22N2O6. The van der Waals surface area contributed by atoms with E-state index in [0.717, 1.165) is 16.9 Å². The summed E-state index contributed by atoms with van der Waals surface area (Å²) >= 11 is 0. The SMILES string of the molecule is CCC(C)c1ccc(N2C(=O)NC(=O)/C(=C/c3ccc(OCC(=O)O)cc3)C2=O)cc1. The first-order valence-electron chi connectivity index (χ1n) is 9.76. The minimum atomic E-state index is -1.10. The average Bonchev–Trinajstić information content (AvgIpc) is 2.75. The van der Waals surface area contributed by atoms with Crippen LogP contribution < -0.4 is 15.0 Å². The number of hydrogen-bond donors (Lipinski definition) is 2. The first-order valence-corrected chi connectivity index (χ1v) is 9.76. The first kappa shape index (κ1) is 21.8. The monoisotopic (exact) mass is 422 g/mol. The summed E-state index contributed by atoms with van der Waals surface area (Å²) in [6.07, 6.45) is 2.33. The van der Waals surface area contributed by atoms with Crippen LogP contribution in [-0.4, -0.2) is 35.5 Å². The van der Waals surface area contributed by atoms with Gasteiger partial charge in [0.15, 0.2) is 6.61 Å². The number of nitrogens with one attached hydrogen (secondary N) is 1. The molecule has 1 atom stereocenters. The molecule has 0 spiro atoms. The second-order valence-corrected chi connectivity index (χ2v) is 7.11. The van der Waals surface area contributed by atoms with Crippen molar-refractivity contribution in [2.24, 2.45) is 0 Å². The zero-order chi connectivity index (χ0) is 22.5. The lowest BCUT2D eigenvalue weighted by Gasteiger charge is -2.26. The van der Waals surface area contributed by atoms with Gasteiger partial charge in [0.05, 0.1) is 5.69 Å². The van der Waals surface area contributed by atoms with E-state index in [1.54, 1.807) is 24.3 Å². The Morgan fingerprint density at radius 1 is 1.10 bits per heavy atom. The van der Waals surface area contributed by atoms with Gasteiger partial charge >= 0.3 is 12.0 Å². The van der Waals surface area contributed by atoms with Crippen LogP contribution in [0.1, 0.15) is 37.3 Å². The number of carbonyl (C=O) groups excluding carboxylic acids is 3. The largest absolute Gasteiger partial charge is 0.482 e. The number of carboxylic acids is 1. The molecule has 1 unspecified atom stereocenters. The van der Waals surface area contributed by atoms with E-state index in [1.807, 2.05) is 12.1 Å². The minimum absolute atomic E-state index is 0.190. The van der Waals surface area contributed by atoms with Crippen LogP contribution in [-0.2, 0) is 14.4 Å². The predicted octanol–water partition coefficient (Wildman–Crippen LogP) is 3.33. The van der Waals surface area contributed by atoms with E-state index in [1.165, 1.54) is 18.2 Å². The number of barbiturate groups is 1. The van der Waals surface area contributed by atoms with Gasteiger partial charge in [-0.15, -0.1) is 0 Å². The highest BCUT2D eigenvalue weighted by Crippen LogP contribution is 2.26. The maximum Gasteiger partial charge on any atom is 0.341 e. The Kier molecular flexibility index (Phi) is 6.49. The number of amides is 4. The van der Waals surface area contributed by atoms with Crippen molar-refractivity contribution < 1.29 is 29.0 Å². The fraction of sp³-hybridized carbons (Fsp3) is 0.217. The van der Waals surface area contributed by atoms with Crippen molar-refractivity contribution in [2.45, 2.75) is 26.2 Å². The van der Waals surface area contributed by atoms with Gasteiger partial charge in [-0.3, -0.25) is 14.9 Å². The summed E-state index contributed by atoms with van der Waals surface area (Å²) in [5.74, 6) is -1.93. The van der Waals surface area contributed by atoms with E-state index in [9.17, 15) is 19.2 Å². The quantitative estimate of drug-likeness (QED) is 0.523. The summed E-state index contributed by atoms with van der Waals surface area (Å²) in [5, 5.41) is 10.8. The smallest absolute Gasteiger partial charge is 0.341 e. The molecule has 0 bridgehead atoms. The normalized spacial score (nSPS) is 16.3. The van der Waals surface area contributed by atoms with Crippen LogP contribution >= 0.6 is 0 Å². The van der Waals surface area contributed by atoms with Gasteiger partial charge in [-0.25, -0.2) is 14.5 Å². The molecule has 2 aromatic rings. The summed E-state index contributed by atoms with van der Waals surface area (Å²) in [5.41, 5.74) is 1.78. The topological polar surface area (TPSA) is 113 Å².